The number of carbonyl (C=O) groups is 1. The van der Waals surface area contributed by atoms with Crippen LogP contribution in [0, 0.1) is 26.6 Å². The number of amides is 1. The average Bonchev–Trinajstić information content (AvgIpc) is 2.99. The van der Waals surface area contributed by atoms with E-state index in [9.17, 15) is 9.18 Å². The van der Waals surface area contributed by atoms with Crippen molar-refractivity contribution >= 4 is 5.91 Å². The smallest absolute Gasteiger partial charge is 0.255 e. The maximum absolute atomic E-state index is 13.7. The molecule has 134 valence electrons. The highest BCUT2D eigenvalue weighted by Gasteiger charge is 2.14. The molecule has 0 aliphatic carbocycles. The van der Waals surface area contributed by atoms with Crippen LogP contribution in [0.1, 0.15) is 38.3 Å². The zero-order valence-electron chi connectivity index (χ0n) is 15.2. The first-order valence-electron chi connectivity index (χ1n) is 8.56. The Labute approximate surface area is 152 Å². The fourth-order valence-corrected chi connectivity index (χ4v) is 3.00. The minimum Gasteiger partial charge on any atom is -0.348 e. The molecule has 1 aromatic heterocycles. The number of aryl methyl sites for hydroxylation is 2. The van der Waals surface area contributed by atoms with Gasteiger partial charge in [0.2, 0.25) is 0 Å². The van der Waals surface area contributed by atoms with E-state index in [4.69, 9.17) is 0 Å². The van der Waals surface area contributed by atoms with Crippen molar-refractivity contribution in [2.45, 2.75) is 33.9 Å². The number of nitrogens with zero attached hydrogens (tertiary/aromatic N) is 2. The summed E-state index contributed by atoms with van der Waals surface area (Å²) in [4.78, 5) is 12.5. The highest BCUT2D eigenvalue weighted by molar-refractivity contribution is 5.95. The molecule has 0 aliphatic heterocycles. The van der Waals surface area contributed by atoms with Gasteiger partial charge in [-0.1, -0.05) is 42.5 Å². The van der Waals surface area contributed by atoms with Crippen LogP contribution in [-0.2, 0) is 13.1 Å². The van der Waals surface area contributed by atoms with Gasteiger partial charge in [-0.15, -0.1) is 0 Å². The molecule has 1 amide bonds. The van der Waals surface area contributed by atoms with Crippen LogP contribution in [0.3, 0.4) is 0 Å². The van der Waals surface area contributed by atoms with Crippen molar-refractivity contribution in [2.24, 2.45) is 0 Å². The van der Waals surface area contributed by atoms with Gasteiger partial charge < -0.3 is 5.32 Å². The van der Waals surface area contributed by atoms with Gasteiger partial charge >= 0.3 is 0 Å². The van der Waals surface area contributed by atoms with Crippen molar-refractivity contribution < 1.29 is 9.18 Å². The summed E-state index contributed by atoms with van der Waals surface area (Å²) in [6.45, 7) is 6.31. The number of benzene rings is 2. The zero-order valence-corrected chi connectivity index (χ0v) is 15.2. The molecule has 3 aromatic rings. The third-order valence-corrected chi connectivity index (χ3v) is 4.47. The van der Waals surface area contributed by atoms with Crippen LogP contribution in [0.15, 0.2) is 48.7 Å². The van der Waals surface area contributed by atoms with Crippen molar-refractivity contribution in [1.29, 1.82) is 0 Å². The molecule has 0 atom stereocenters. The number of halogens is 1. The summed E-state index contributed by atoms with van der Waals surface area (Å²) in [6.07, 6.45) is 1.59. The lowest BCUT2D eigenvalue weighted by Crippen LogP contribution is -2.23. The number of hydrogen-bond acceptors (Lipinski definition) is 2. The van der Waals surface area contributed by atoms with Gasteiger partial charge in [-0.25, -0.2) is 4.39 Å². The minimum atomic E-state index is -0.196. The van der Waals surface area contributed by atoms with Gasteiger partial charge in [0.15, 0.2) is 0 Å². The molecule has 0 saturated heterocycles. The van der Waals surface area contributed by atoms with E-state index in [0.717, 1.165) is 16.8 Å². The van der Waals surface area contributed by atoms with Crippen LogP contribution < -0.4 is 5.32 Å². The largest absolute Gasteiger partial charge is 0.348 e. The standard InChI is InChI=1S/C21H22FN3O/c1-14-9-18(10-15(2)20(14)22)11-23-21(26)19-12-24-25(16(19)3)13-17-7-5-4-6-8-17/h4-10,12H,11,13H2,1-3H3,(H,23,26). The lowest BCUT2D eigenvalue weighted by molar-refractivity contribution is 0.0950. The summed E-state index contributed by atoms with van der Waals surface area (Å²) in [5, 5.41) is 7.23. The molecular formula is C21H22FN3O. The van der Waals surface area contributed by atoms with E-state index in [0.29, 0.717) is 29.8 Å². The minimum absolute atomic E-state index is 0.179. The molecule has 0 fully saturated rings. The lowest BCUT2D eigenvalue weighted by Gasteiger charge is -2.09. The molecule has 0 saturated carbocycles. The predicted molar refractivity (Wildman–Crippen MR) is 99.6 cm³/mol. The van der Waals surface area contributed by atoms with Crippen LogP contribution in [0.4, 0.5) is 4.39 Å². The summed E-state index contributed by atoms with van der Waals surface area (Å²) in [6, 6.07) is 13.5. The third kappa shape index (κ3) is 3.82. The first kappa shape index (κ1) is 17.9. The Kier molecular flexibility index (Phi) is 5.16. The molecule has 0 aliphatic rings. The molecule has 0 bridgehead atoms. The van der Waals surface area contributed by atoms with Crippen molar-refractivity contribution in [3.8, 4) is 0 Å². The second-order valence-electron chi connectivity index (χ2n) is 6.51. The van der Waals surface area contributed by atoms with Crippen LogP contribution in [0.25, 0.3) is 0 Å². The Bertz CT molecular complexity index is 909. The molecule has 26 heavy (non-hydrogen) atoms. The zero-order chi connectivity index (χ0) is 18.7. The number of aromatic nitrogens is 2. The Balaban J connectivity index is 1.69. The number of hydrogen-bond donors (Lipinski definition) is 1. The van der Waals surface area contributed by atoms with Crippen molar-refractivity contribution in [3.63, 3.8) is 0 Å². The highest BCUT2D eigenvalue weighted by Crippen LogP contribution is 2.15. The normalized spacial score (nSPS) is 10.8. The maximum atomic E-state index is 13.7. The summed E-state index contributed by atoms with van der Waals surface area (Å²) >= 11 is 0. The molecule has 0 radical (unpaired) electrons. The van der Waals surface area contributed by atoms with E-state index in [1.54, 1.807) is 32.2 Å². The Morgan fingerprint density at radius 3 is 2.38 bits per heavy atom. The highest BCUT2D eigenvalue weighted by atomic mass is 19.1. The van der Waals surface area contributed by atoms with E-state index in [2.05, 4.69) is 10.4 Å². The quantitative estimate of drug-likeness (QED) is 0.757. The van der Waals surface area contributed by atoms with E-state index >= 15 is 0 Å². The Morgan fingerprint density at radius 2 is 1.73 bits per heavy atom. The molecule has 0 unspecified atom stereocenters. The van der Waals surface area contributed by atoms with Crippen LogP contribution in [0.5, 0.6) is 0 Å². The van der Waals surface area contributed by atoms with E-state index in [1.807, 2.05) is 41.9 Å². The second-order valence-corrected chi connectivity index (χ2v) is 6.51. The summed E-state index contributed by atoms with van der Waals surface area (Å²) in [7, 11) is 0. The van der Waals surface area contributed by atoms with E-state index < -0.39 is 0 Å². The van der Waals surface area contributed by atoms with Gasteiger partial charge in [-0.05, 0) is 43.0 Å². The summed E-state index contributed by atoms with van der Waals surface area (Å²) in [5.41, 5.74) is 4.54. The predicted octanol–water partition coefficient (Wildman–Crippen LogP) is 3.93. The van der Waals surface area contributed by atoms with E-state index in [1.165, 1.54) is 0 Å². The van der Waals surface area contributed by atoms with Gasteiger partial charge in [0, 0.05) is 12.2 Å². The van der Waals surface area contributed by atoms with Crippen molar-refractivity contribution in [3.05, 3.63) is 88.0 Å². The van der Waals surface area contributed by atoms with Crippen LogP contribution in [0.2, 0.25) is 0 Å². The molecule has 5 heteroatoms. The fourth-order valence-electron chi connectivity index (χ4n) is 3.00. The molecule has 4 nitrogen and oxygen atoms in total. The van der Waals surface area contributed by atoms with Crippen molar-refractivity contribution in [1.82, 2.24) is 15.1 Å². The monoisotopic (exact) mass is 351 g/mol. The molecule has 0 spiro atoms. The fraction of sp³-hybridized carbons (Fsp3) is 0.238. The van der Waals surface area contributed by atoms with Crippen molar-refractivity contribution in [2.75, 3.05) is 0 Å². The first-order chi connectivity index (χ1) is 12.5. The van der Waals surface area contributed by atoms with Gasteiger partial charge in [0.25, 0.3) is 5.91 Å². The third-order valence-electron chi connectivity index (χ3n) is 4.47. The molecule has 3 rings (SSSR count). The topological polar surface area (TPSA) is 46.9 Å². The van der Waals surface area contributed by atoms with Gasteiger partial charge in [0.05, 0.1) is 18.3 Å². The average molecular weight is 351 g/mol. The summed E-state index contributed by atoms with van der Waals surface area (Å²) < 4.78 is 15.5. The SMILES string of the molecule is Cc1cc(CNC(=O)c2cnn(Cc3ccccc3)c2C)cc(C)c1F. The molecular weight excluding hydrogens is 329 g/mol. The Hall–Kier alpha value is -2.95. The van der Waals surface area contributed by atoms with E-state index in [-0.39, 0.29) is 11.7 Å². The maximum Gasteiger partial charge on any atom is 0.255 e. The second kappa shape index (κ2) is 7.52. The summed E-state index contributed by atoms with van der Waals surface area (Å²) in [5.74, 6) is -0.375. The van der Waals surface area contributed by atoms with Gasteiger partial charge in [0.1, 0.15) is 5.82 Å². The molecule has 1 N–H and O–H groups in total. The van der Waals surface area contributed by atoms with Gasteiger partial charge in [-0.3, -0.25) is 9.48 Å². The van der Waals surface area contributed by atoms with Crippen LogP contribution in [-0.4, -0.2) is 15.7 Å². The lowest BCUT2D eigenvalue weighted by atomic mass is 10.1. The molecule has 1 heterocycles. The molecule has 2 aromatic carbocycles. The Morgan fingerprint density at radius 1 is 1.08 bits per heavy atom. The van der Waals surface area contributed by atoms with Crippen LogP contribution >= 0.6 is 0 Å². The number of nitrogens with one attached hydrogen (secondary N) is 1. The first-order valence-corrected chi connectivity index (χ1v) is 8.56. The number of carbonyl (C=O) groups excluding carboxylic acids is 1. The number of rotatable bonds is 5. The van der Waals surface area contributed by atoms with Gasteiger partial charge in [-0.2, -0.15) is 5.10 Å².